The number of ether oxygens (including phenoxy) is 1. The van der Waals surface area contributed by atoms with E-state index in [0.717, 1.165) is 24.0 Å². The Kier molecular flexibility index (Phi) is 9.35. The van der Waals surface area contributed by atoms with Gasteiger partial charge in [0.15, 0.2) is 25.4 Å². The van der Waals surface area contributed by atoms with Crippen LogP contribution in [-0.4, -0.2) is 35.1 Å². The highest BCUT2D eigenvalue weighted by Crippen LogP contribution is 2.48. The van der Waals surface area contributed by atoms with Crippen molar-refractivity contribution in [2.24, 2.45) is 5.41 Å². The van der Waals surface area contributed by atoms with Gasteiger partial charge >= 0.3 is 6.09 Å². The van der Waals surface area contributed by atoms with Crippen molar-refractivity contribution in [3.8, 4) is 11.6 Å². The van der Waals surface area contributed by atoms with E-state index in [0.29, 0.717) is 16.8 Å². The molecule has 5 rings (SSSR count). The molecule has 0 aliphatic heterocycles. The van der Waals surface area contributed by atoms with Crippen LogP contribution in [0.1, 0.15) is 108 Å². The molecule has 48 heavy (non-hydrogen) atoms. The van der Waals surface area contributed by atoms with Crippen molar-refractivity contribution >= 4 is 14.4 Å². The largest absolute Gasteiger partial charge is 0.444 e. The van der Waals surface area contributed by atoms with Crippen LogP contribution < -0.4 is 5.32 Å². The Morgan fingerprint density at radius 3 is 2.02 bits per heavy atom. The number of aliphatic hydroxyl groups is 1. The van der Waals surface area contributed by atoms with Crippen LogP contribution in [-0.2, 0) is 34.2 Å². The first-order valence-electron chi connectivity index (χ1n) is 16.7. The summed E-state index contributed by atoms with van der Waals surface area (Å²) < 4.78 is 24.9. The number of carbonyl (C=O) groups excluding carboxylic acids is 1. The smallest absolute Gasteiger partial charge is 0.408 e. The zero-order valence-electron chi connectivity index (χ0n) is 30.3. The molecule has 0 spiro atoms. The van der Waals surface area contributed by atoms with E-state index < -0.39 is 37.1 Å². The molecule has 0 bridgehead atoms. The van der Waals surface area contributed by atoms with Crippen molar-refractivity contribution in [3.05, 3.63) is 94.4 Å². The topological polar surface area (TPSA) is 120 Å². The zero-order chi connectivity index (χ0) is 35.3. The second-order valence-electron chi connectivity index (χ2n) is 16.4. The van der Waals surface area contributed by atoms with Crippen LogP contribution in [0.5, 0.6) is 0 Å². The molecule has 0 unspecified atom stereocenters. The maximum Gasteiger partial charge on any atom is 0.408 e. The van der Waals surface area contributed by atoms with E-state index in [9.17, 15) is 9.90 Å². The molecule has 10 heteroatoms. The lowest BCUT2D eigenvalue weighted by atomic mass is 9.81. The quantitative estimate of drug-likeness (QED) is 0.187. The van der Waals surface area contributed by atoms with Gasteiger partial charge in [-0.3, -0.25) is 0 Å². The van der Waals surface area contributed by atoms with Crippen molar-refractivity contribution in [1.29, 1.82) is 0 Å². The molecule has 4 aromatic rings. The summed E-state index contributed by atoms with van der Waals surface area (Å²) in [5.41, 5.74) is 1.23. The lowest BCUT2D eigenvalue weighted by Crippen LogP contribution is -2.40. The van der Waals surface area contributed by atoms with Crippen LogP contribution in [0.25, 0.3) is 11.6 Å². The number of aryl methyl sites for hydroxylation is 2. The molecular formula is C38H51N3O6Si. The summed E-state index contributed by atoms with van der Waals surface area (Å²) in [5, 5.41) is 16.2. The van der Waals surface area contributed by atoms with E-state index in [1.54, 1.807) is 6.26 Å². The van der Waals surface area contributed by atoms with E-state index in [2.05, 4.69) is 39.2 Å². The third-order valence-electron chi connectivity index (χ3n) is 9.37. The molecule has 2 heterocycles. The van der Waals surface area contributed by atoms with Gasteiger partial charge in [0.2, 0.25) is 11.8 Å². The van der Waals surface area contributed by atoms with Crippen LogP contribution in [0.3, 0.4) is 0 Å². The third-order valence-corrected chi connectivity index (χ3v) is 13.8. The number of alkyl carbamates (subject to hydrolysis) is 1. The van der Waals surface area contributed by atoms with E-state index >= 15 is 0 Å². The first-order chi connectivity index (χ1) is 22.2. The van der Waals surface area contributed by atoms with Crippen LogP contribution in [0, 0.1) is 5.41 Å². The summed E-state index contributed by atoms with van der Waals surface area (Å²) in [5.74, 6) is 0.549. The van der Waals surface area contributed by atoms with Crippen molar-refractivity contribution in [2.45, 2.75) is 117 Å². The first-order valence-corrected chi connectivity index (χ1v) is 19.6. The second-order valence-corrected chi connectivity index (χ2v) is 21.2. The number of benzene rings is 2. The van der Waals surface area contributed by atoms with Gasteiger partial charge in [0.1, 0.15) is 23.6 Å². The number of oxazole rings is 2. The number of hydrogen-bond acceptors (Lipinski definition) is 8. The summed E-state index contributed by atoms with van der Waals surface area (Å²) in [6.07, 6.45) is 2.45. The number of nitrogens with one attached hydrogen (secondary N) is 1. The number of hydrogen-bond donors (Lipinski definition) is 2. The Hall–Kier alpha value is -3.73. The van der Waals surface area contributed by atoms with Gasteiger partial charge in [0.25, 0.3) is 0 Å². The van der Waals surface area contributed by atoms with Gasteiger partial charge in [0, 0.05) is 0 Å². The normalized spacial score (nSPS) is 15.7. The average Bonchev–Trinajstić information content (AvgIpc) is 3.61. The van der Waals surface area contributed by atoms with Gasteiger partial charge in [-0.1, -0.05) is 90.1 Å². The van der Waals surface area contributed by atoms with Crippen LogP contribution in [0.15, 0.2) is 63.6 Å². The predicted octanol–water partition coefficient (Wildman–Crippen LogP) is 8.85. The van der Waals surface area contributed by atoms with Gasteiger partial charge < -0.3 is 28.4 Å². The molecule has 1 amide bonds. The Bertz CT molecular complexity index is 1720. The number of fused-ring (bicyclic) bond motifs is 2. The number of nitrogens with zero attached hydrogens (tertiary/aromatic N) is 2. The Morgan fingerprint density at radius 1 is 0.938 bits per heavy atom. The molecule has 1 atom stereocenters. The van der Waals surface area contributed by atoms with Gasteiger partial charge in [-0.25, -0.2) is 14.8 Å². The zero-order valence-corrected chi connectivity index (χ0v) is 31.3. The molecule has 9 nitrogen and oxygen atoms in total. The summed E-state index contributed by atoms with van der Waals surface area (Å²) in [6, 6.07) is 15.0. The molecule has 1 aliphatic rings. The van der Waals surface area contributed by atoms with Crippen molar-refractivity contribution in [1.82, 2.24) is 15.3 Å². The Balaban J connectivity index is 1.70. The fourth-order valence-electron chi connectivity index (χ4n) is 5.72. The predicted molar refractivity (Wildman–Crippen MR) is 188 cm³/mol. The molecular weight excluding hydrogens is 623 g/mol. The van der Waals surface area contributed by atoms with E-state index in [4.69, 9.17) is 28.0 Å². The van der Waals surface area contributed by atoms with Crippen LogP contribution in [0.4, 0.5) is 4.79 Å². The highest BCUT2D eigenvalue weighted by molar-refractivity contribution is 6.74. The molecule has 1 aliphatic carbocycles. The van der Waals surface area contributed by atoms with E-state index in [1.165, 1.54) is 0 Å². The SMILES string of the molecule is CC(C)(C)OC(=O)N[C@H](c1nc(-c2nc(CO[Si](C)(C)C(C)(C)C)co2)c(C2(O)c3ccccc3CCc3ccccc32)o1)C(C)(C)C. The molecule has 0 saturated carbocycles. The lowest BCUT2D eigenvalue weighted by Gasteiger charge is -2.35. The fourth-order valence-corrected chi connectivity index (χ4v) is 6.66. The summed E-state index contributed by atoms with van der Waals surface area (Å²) in [7, 11) is -2.07. The molecule has 0 radical (unpaired) electrons. The summed E-state index contributed by atoms with van der Waals surface area (Å²) in [6.45, 7) is 22.6. The molecule has 258 valence electrons. The Labute approximate surface area is 285 Å². The molecule has 0 saturated heterocycles. The van der Waals surface area contributed by atoms with Gasteiger partial charge in [-0.05, 0) is 79.4 Å². The van der Waals surface area contributed by atoms with Crippen molar-refractivity contribution < 1.29 is 27.9 Å². The number of carbonyl (C=O) groups is 1. The van der Waals surface area contributed by atoms with Gasteiger partial charge in [0.05, 0.1) is 6.61 Å². The molecule has 0 fully saturated rings. The van der Waals surface area contributed by atoms with Crippen LogP contribution >= 0.6 is 0 Å². The number of amides is 1. The average molecular weight is 674 g/mol. The van der Waals surface area contributed by atoms with Crippen molar-refractivity contribution in [2.75, 3.05) is 0 Å². The third kappa shape index (κ3) is 7.16. The Morgan fingerprint density at radius 2 is 1.50 bits per heavy atom. The summed E-state index contributed by atoms with van der Waals surface area (Å²) in [4.78, 5) is 22.9. The fraction of sp³-hybridized carbons (Fsp3) is 0.500. The summed E-state index contributed by atoms with van der Waals surface area (Å²) >= 11 is 0. The maximum absolute atomic E-state index is 13.2. The minimum atomic E-state index is -2.07. The van der Waals surface area contributed by atoms with Crippen LogP contribution in [0.2, 0.25) is 18.1 Å². The molecule has 2 N–H and O–H groups in total. The van der Waals surface area contributed by atoms with Crippen molar-refractivity contribution in [3.63, 3.8) is 0 Å². The molecule has 2 aromatic heterocycles. The lowest BCUT2D eigenvalue weighted by molar-refractivity contribution is 0.0439. The monoisotopic (exact) mass is 673 g/mol. The highest BCUT2D eigenvalue weighted by atomic mass is 28.4. The standard InChI is InChI=1S/C38H51N3O6Si/c1-35(2,3)30(41-34(42)47-36(4,5)6)33-40-29(32-39-26(22-44-32)23-45-48(10,11)37(7,8)9)31(46-33)38(43)27-18-14-12-16-24(27)20-21-25-17-13-15-19-28(25)38/h12-19,22,30,43H,20-21,23H2,1-11H3,(H,41,42)/t30-/m1/s1. The minimum absolute atomic E-state index is 0.0282. The van der Waals surface area contributed by atoms with E-state index in [-0.39, 0.29) is 34.9 Å². The molecule has 2 aromatic carbocycles. The first kappa shape index (κ1) is 35.6. The highest BCUT2D eigenvalue weighted by Gasteiger charge is 2.47. The maximum atomic E-state index is 13.2. The second kappa shape index (κ2) is 12.6. The van der Waals surface area contributed by atoms with E-state index in [1.807, 2.05) is 90.1 Å². The number of rotatable bonds is 7. The number of aromatic nitrogens is 2. The van der Waals surface area contributed by atoms with Gasteiger partial charge in [-0.15, -0.1) is 0 Å². The van der Waals surface area contributed by atoms with Gasteiger partial charge in [-0.2, -0.15) is 0 Å². The minimum Gasteiger partial charge on any atom is -0.444 e.